The summed E-state index contributed by atoms with van der Waals surface area (Å²) in [7, 11) is 0. The molecule has 0 fully saturated rings. The Labute approximate surface area is 106 Å². The molecular weight excluding hydrogens is 226 g/mol. The zero-order chi connectivity index (χ0) is 13.3. The van der Waals surface area contributed by atoms with E-state index in [1.54, 1.807) is 6.20 Å². The van der Waals surface area contributed by atoms with Crippen molar-refractivity contribution in [2.24, 2.45) is 0 Å². The molecule has 3 heteroatoms. The number of carboxylic acid groups (broad SMARTS) is 1. The fourth-order valence-corrected chi connectivity index (χ4v) is 2.05. The number of carboxylic acids is 1. The van der Waals surface area contributed by atoms with Gasteiger partial charge in [-0.05, 0) is 49.1 Å². The number of aryl methyl sites for hydroxylation is 3. The van der Waals surface area contributed by atoms with Crippen molar-refractivity contribution in [2.45, 2.75) is 20.8 Å². The minimum absolute atomic E-state index is 0.288. The molecule has 0 radical (unpaired) electrons. The first-order chi connectivity index (χ1) is 8.50. The molecular formula is C15H15NO2. The second-order valence-corrected chi connectivity index (χ2v) is 4.48. The zero-order valence-corrected chi connectivity index (χ0v) is 10.7. The molecule has 0 aliphatic heterocycles. The highest BCUT2D eigenvalue weighted by Gasteiger charge is 2.13. The van der Waals surface area contributed by atoms with Crippen molar-refractivity contribution in [3.05, 3.63) is 52.8 Å². The molecule has 1 aromatic carbocycles. The topological polar surface area (TPSA) is 50.2 Å². The van der Waals surface area contributed by atoms with Gasteiger partial charge in [0.05, 0.1) is 5.56 Å². The summed E-state index contributed by atoms with van der Waals surface area (Å²) in [6.07, 6.45) is 3.11. The highest BCUT2D eigenvalue weighted by molar-refractivity contribution is 5.96. The van der Waals surface area contributed by atoms with Crippen molar-refractivity contribution in [3.8, 4) is 11.1 Å². The lowest BCUT2D eigenvalue weighted by Crippen LogP contribution is -2.01. The summed E-state index contributed by atoms with van der Waals surface area (Å²) in [5.41, 5.74) is 5.31. The van der Waals surface area contributed by atoms with Crippen LogP contribution in [0.3, 0.4) is 0 Å². The smallest absolute Gasteiger partial charge is 0.336 e. The van der Waals surface area contributed by atoms with Crippen LogP contribution in [0.1, 0.15) is 27.0 Å². The summed E-state index contributed by atoms with van der Waals surface area (Å²) in [6, 6.07) is 5.63. The maximum atomic E-state index is 11.2. The molecule has 1 aromatic heterocycles. The Morgan fingerprint density at radius 1 is 1.06 bits per heavy atom. The first-order valence-electron chi connectivity index (χ1n) is 5.76. The van der Waals surface area contributed by atoms with Crippen molar-refractivity contribution < 1.29 is 9.90 Å². The van der Waals surface area contributed by atoms with E-state index in [9.17, 15) is 9.90 Å². The summed E-state index contributed by atoms with van der Waals surface area (Å²) in [6.45, 7) is 6.06. The van der Waals surface area contributed by atoms with Gasteiger partial charge in [-0.1, -0.05) is 12.1 Å². The van der Waals surface area contributed by atoms with Crippen LogP contribution in [0.2, 0.25) is 0 Å². The normalized spacial score (nSPS) is 10.4. The highest BCUT2D eigenvalue weighted by Crippen LogP contribution is 2.28. The molecule has 2 aromatic rings. The van der Waals surface area contributed by atoms with Crippen LogP contribution in [0.5, 0.6) is 0 Å². The molecule has 2 rings (SSSR count). The van der Waals surface area contributed by atoms with Crippen LogP contribution < -0.4 is 0 Å². The molecule has 0 atom stereocenters. The third-order valence-electron chi connectivity index (χ3n) is 3.18. The van der Waals surface area contributed by atoms with Gasteiger partial charge in [0, 0.05) is 18.0 Å². The van der Waals surface area contributed by atoms with Gasteiger partial charge in [0.1, 0.15) is 0 Å². The fourth-order valence-electron chi connectivity index (χ4n) is 2.05. The third-order valence-corrected chi connectivity index (χ3v) is 3.18. The summed E-state index contributed by atoms with van der Waals surface area (Å²) in [5, 5.41) is 9.21. The first-order valence-corrected chi connectivity index (χ1v) is 5.76. The maximum absolute atomic E-state index is 11.2. The van der Waals surface area contributed by atoms with Crippen LogP contribution in [0.15, 0.2) is 30.6 Å². The van der Waals surface area contributed by atoms with Crippen molar-refractivity contribution in [2.75, 3.05) is 0 Å². The van der Waals surface area contributed by atoms with Gasteiger partial charge in [-0.25, -0.2) is 4.79 Å². The summed E-state index contributed by atoms with van der Waals surface area (Å²) in [4.78, 5) is 15.3. The van der Waals surface area contributed by atoms with Crippen LogP contribution in [0.4, 0.5) is 0 Å². The Hall–Kier alpha value is -2.16. The van der Waals surface area contributed by atoms with Crippen molar-refractivity contribution in [1.82, 2.24) is 4.98 Å². The summed E-state index contributed by atoms with van der Waals surface area (Å²) >= 11 is 0. The van der Waals surface area contributed by atoms with E-state index in [-0.39, 0.29) is 5.56 Å². The van der Waals surface area contributed by atoms with Gasteiger partial charge in [0.15, 0.2) is 0 Å². The number of hydrogen-bond acceptors (Lipinski definition) is 2. The Morgan fingerprint density at radius 2 is 1.72 bits per heavy atom. The van der Waals surface area contributed by atoms with Gasteiger partial charge < -0.3 is 5.11 Å². The van der Waals surface area contributed by atoms with E-state index >= 15 is 0 Å². The van der Waals surface area contributed by atoms with Gasteiger partial charge in [0.2, 0.25) is 0 Å². The number of hydrogen-bond donors (Lipinski definition) is 1. The van der Waals surface area contributed by atoms with E-state index in [2.05, 4.69) is 11.1 Å². The van der Waals surface area contributed by atoms with Crippen molar-refractivity contribution in [3.63, 3.8) is 0 Å². The predicted molar refractivity (Wildman–Crippen MR) is 70.8 cm³/mol. The summed E-state index contributed by atoms with van der Waals surface area (Å²) in [5.74, 6) is -0.926. The molecule has 1 N–H and O–H groups in total. The Morgan fingerprint density at radius 3 is 2.39 bits per heavy atom. The molecule has 0 spiro atoms. The van der Waals surface area contributed by atoms with Crippen LogP contribution in [-0.2, 0) is 0 Å². The maximum Gasteiger partial charge on any atom is 0.336 e. The molecule has 0 amide bonds. The SMILES string of the molecule is Cc1cc(C)c(-c2cnccc2C(=O)O)cc1C. The molecule has 1 heterocycles. The minimum atomic E-state index is -0.926. The number of carbonyl (C=O) groups is 1. The molecule has 18 heavy (non-hydrogen) atoms. The number of nitrogens with zero attached hydrogens (tertiary/aromatic N) is 1. The molecule has 0 aliphatic rings. The first kappa shape index (κ1) is 12.3. The average Bonchev–Trinajstić information content (AvgIpc) is 2.34. The molecule has 0 aliphatic carbocycles. The minimum Gasteiger partial charge on any atom is -0.478 e. The van der Waals surface area contributed by atoms with Gasteiger partial charge in [-0.3, -0.25) is 4.98 Å². The fraction of sp³-hybridized carbons (Fsp3) is 0.200. The van der Waals surface area contributed by atoms with Gasteiger partial charge in [-0.15, -0.1) is 0 Å². The Kier molecular flexibility index (Phi) is 3.15. The Bertz CT molecular complexity index is 618. The van der Waals surface area contributed by atoms with E-state index in [0.29, 0.717) is 5.56 Å². The lowest BCUT2D eigenvalue weighted by Gasteiger charge is -2.11. The monoisotopic (exact) mass is 241 g/mol. The molecule has 3 nitrogen and oxygen atoms in total. The number of aromatic nitrogens is 1. The number of benzene rings is 1. The van der Waals surface area contributed by atoms with Crippen LogP contribution in [-0.4, -0.2) is 16.1 Å². The van der Waals surface area contributed by atoms with E-state index in [0.717, 1.165) is 16.7 Å². The Balaban J connectivity index is 2.69. The lowest BCUT2D eigenvalue weighted by molar-refractivity contribution is 0.0697. The quantitative estimate of drug-likeness (QED) is 0.876. The van der Waals surface area contributed by atoms with E-state index < -0.39 is 5.97 Å². The second-order valence-electron chi connectivity index (χ2n) is 4.48. The van der Waals surface area contributed by atoms with Crippen molar-refractivity contribution >= 4 is 5.97 Å². The molecule has 0 unspecified atom stereocenters. The van der Waals surface area contributed by atoms with Gasteiger partial charge in [0.25, 0.3) is 0 Å². The van der Waals surface area contributed by atoms with Crippen LogP contribution >= 0.6 is 0 Å². The molecule has 0 saturated carbocycles. The largest absolute Gasteiger partial charge is 0.478 e. The highest BCUT2D eigenvalue weighted by atomic mass is 16.4. The number of rotatable bonds is 2. The second kappa shape index (κ2) is 4.61. The number of aromatic carboxylic acids is 1. The van der Waals surface area contributed by atoms with Crippen LogP contribution in [0, 0.1) is 20.8 Å². The summed E-state index contributed by atoms with van der Waals surface area (Å²) < 4.78 is 0. The standard InChI is InChI=1S/C15H15NO2/c1-9-6-11(3)13(7-10(9)2)14-8-16-5-4-12(14)15(17)18/h4-8H,1-3H3,(H,17,18). The van der Waals surface area contributed by atoms with Crippen molar-refractivity contribution in [1.29, 1.82) is 0 Å². The molecule has 0 bridgehead atoms. The number of pyridine rings is 1. The lowest BCUT2D eigenvalue weighted by atomic mass is 9.94. The average molecular weight is 241 g/mol. The molecule has 0 saturated heterocycles. The predicted octanol–water partition coefficient (Wildman–Crippen LogP) is 3.37. The molecule has 92 valence electrons. The third kappa shape index (κ3) is 2.12. The zero-order valence-electron chi connectivity index (χ0n) is 10.7. The van der Waals surface area contributed by atoms with Gasteiger partial charge in [-0.2, -0.15) is 0 Å². The van der Waals surface area contributed by atoms with E-state index in [1.165, 1.54) is 17.8 Å². The van der Waals surface area contributed by atoms with Gasteiger partial charge >= 0.3 is 5.97 Å². The van der Waals surface area contributed by atoms with E-state index in [4.69, 9.17) is 0 Å². The van der Waals surface area contributed by atoms with Crippen LogP contribution in [0.25, 0.3) is 11.1 Å². The van der Waals surface area contributed by atoms with E-state index in [1.807, 2.05) is 26.8 Å².